The largest absolute Gasteiger partial charge is 0.492 e. The average Bonchev–Trinajstić information content (AvgIpc) is 2.18. The van der Waals surface area contributed by atoms with Gasteiger partial charge in [0.25, 0.3) is 0 Å². The van der Waals surface area contributed by atoms with Gasteiger partial charge in [-0.3, -0.25) is 0 Å². The molecule has 1 atom stereocenters. The predicted octanol–water partition coefficient (Wildman–Crippen LogP) is 2.08. The van der Waals surface area contributed by atoms with Gasteiger partial charge in [0.05, 0.1) is 17.2 Å². The second-order valence-corrected chi connectivity index (χ2v) is 5.97. The van der Waals surface area contributed by atoms with Crippen LogP contribution in [0.15, 0.2) is 23.1 Å². The van der Waals surface area contributed by atoms with Crippen LogP contribution in [0.2, 0.25) is 0 Å². The van der Waals surface area contributed by atoms with Crippen LogP contribution in [-0.2, 0) is 11.0 Å². The lowest BCUT2D eigenvalue weighted by Gasteiger charge is -2.19. The molecule has 5 heteroatoms. The fourth-order valence-corrected chi connectivity index (χ4v) is 2.37. The summed E-state index contributed by atoms with van der Waals surface area (Å²) in [6.45, 7) is 8.34. The molecule has 0 aliphatic rings. The number of anilines is 1. The molecule has 0 bridgehead atoms. The lowest BCUT2D eigenvalue weighted by molar-refractivity contribution is 0.342. The van der Waals surface area contributed by atoms with Crippen LogP contribution in [0.1, 0.15) is 27.7 Å². The van der Waals surface area contributed by atoms with Crippen molar-refractivity contribution >= 4 is 16.7 Å². The maximum Gasteiger partial charge on any atom is 0.142 e. The molecule has 3 N–H and O–H groups in total. The quantitative estimate of drug-likeness (QED) is 0.811. The monoisotopic (exact) mass is 256 g/mol. The third-order valence-electron chi connectivity index (χ3n) is 1.89. The van der Waals surface area contributed by atoms with Crippen LogP contribution in [0, 0.1) is 0 Å². The summed E-state index contributed by atoms with van der Waals surface area (Å²) in [5.41, 5.74) is 6.12. The Morgan fingerprint density at radius 2 is 2.06 bits per heavy atom. The molecule has 0 saturated heterocycles. The van der Waals surface area contributed by atoms with Crippen LogP contribution in [0.5, 0.6) is 5.75 Å². The Bertz CT molecular complexity index is 413. The van der Waals surface area contributed by atoms with Crippen molar-refractivity contribution in [2.45, 2.75) is 38.1 Å². The highest BCUT2D eigenvalue weighted by atomic mass is 32.2. The van der Waals surface area contributed by atoms with Crippen molar-refractivity contribution in [2.24, 2.45) is 0 Å². The van der Waals surface area contributed by atoms with E-state index in [2.05, 4.69) is 4.72 Å². The van der Waals surface area contributed by atoms with Gasteiger partial charge >= 0.3 is 0 Å². The molecule has 4 nitrogen and oxygen atoms in total. The van der Waals surface area contributed by atoms with Gasteiger partial charge in [-0.25, -0.2) is 8.93 Å². The number of ether oxygens (including phenoxy) is 1. The third kappa shape index (κ3) is 4.36. The Labute approximate surface area is 105 Å². The number of nitrogens with one attached hydrogen (secondary N) is 1. The number of hydrogen-bond acceptors (Lipinski definition) is 3. The minimum atomic E-state index is -1.26. The number of benzene rings is 1. The van der Waals surface area contributed by atoms with Gasteiger partial charge in [0.2, 0.25) is 0 Å². The number of nitrogens with two attached hydrogens (primary N) is 1. The van der Waals surface area contributed by atoms with E-state index in [0.29, 0.717) is 22.9 Å². The minimum Gasteiger partial charge on any atom is -0.492 e. The standard InChI is InChI=1S/C12H20N2O2S/c1-5-16-11-7-6-9(8-10(11)13)17(15)14-12(2,3)4/h6-8,14H,5,13H2,1-4H3. The molecule has 1 unspecified atom stereocenters. The lowest BCUT2D eigenvalue weighted by Crippen LogP contribution is -2.37. The van der Waals surface area contributed by atoms with Crippen molar-refractivity contribution in [1.82, 2.24) is 4.72 Å². The van der Waals surface area contributed by atoms with Crippen LogP contribution < -0.4 is 15.2 Å². The zero-order valence-corrected chi connectivity index (χ0v) is 11.6. The van der Waals surface area contributed by atoms with E-state index in [4.69, 9.17) is 10.5 Å². The van der Waals surface area contributed by atoms with Crippen molar-refractivity contribution < 1.29 is 8.95 Å². The molecule has 0 aromatic heterocycles. The van der Waals surface area contributed by atoms with E-state index < -0.39 is 11.0 Å². The van der Waals surface area contributed by atoms with Crippen molar-refractivity contribution in [3.05, 3.63) is 18.2 Å². The molecule has 0 fully saturated rings. The summed E-state index contributed by atoms with van der Waals surface area (Å²) < 4.78 is 20.3. The highest BCUT2D eigenvalue weighted by Crippen LogP contribution is 2.24. The van der Waals surface area contributed by atoms with Gasteiger partial charge in [0, 0.05) is 5.54 Å². The van der Waals surface area contributed by atoms with Gasteiger partial charge in [-0.1, -0.05) is 0 Å². The molecule has 1 rings (SSSR count). The first-order chi connectivity index (χ1) is 7.83. The molecule has 0 saturated carbocycles. The molecule has 0 aliphatic heterocycles. The predicted molar refractivity (Wildman–Crippen MR) is 71.3 cm³/mol. The molecule has 0 amide bonds. The minimum absolute atomic E-state index is 0.210. The maximum absolute atomic E-state index is 12.0. The third-order valence-corrected chi connectivity index (χ3v) is 3.37. The highest BCUT2D eigenvalue weighted by molar-refractivity contribution is 7.83. The smallest absolute Gasteiger partial charge is 0.142 e. The van der Waals surface area contributed by atoms with E-state index in [1.807, 2.05) is 27.7 Å². The van der Waals surface area contributed by atoms with Gasteiger partial charge in [-0.15, -0.1) is 0 Å². The van der Waals surface area contributed by atoms with Crippen LogP contribution in [0.3, 0.4) is 0 Å². The Balaban J connectivity index is 2.86. The van der Waals surface area contributed by atoms with Gasteiger partial charge < -0.3 is 10.5 Å². The van der Waals surface area contributed by atoms with Gasteiger partial charge in [-0.05, 0) is 45.9 Å². The van der Waals surface area contributed by atoms with E-state index in [9.17, 15) is 4.21 Å². The summed E-state index contributed by atoms with van der Waals surface area (Å²) in [6, 6.07) is 5.19. The van der Waals surface area contributed by atoms with Crippen molar-refractivity contribution in [2.75, 3.05) is 12.3 Å². The van der Waals surface area contributed by atoms with E-state index >= 15 is 0 Å². The molecule has 96 valence electrons. The first-order valence-corrected chi connectivity index (χ1v) is 6.70. The van der Waals surface area contributed by atoms with Crippen LogP contribution in [0.25, 0.3) is 0 Å². The second kappa shape index (κ2) is 5.51. The molecular weight excluding hydrogens is 236 g/mol. The van der Waals surface area contributed by atoms with E-state index in [-0.39, 0.29) is 5.54 Å². The van der Waals surface area contributed by atoms with E-state index in [1.54, 1.807) is 18.2 Å². The lowest BCUT2D eigenvalue weighted by atomic mass is 10.1. The molecule has 0 aliphatic carbocycles. The summed E-state index contributed by atoms with van der Waals surface area (Å²) >= 11 is 0. The molecule has 1 aromatic rings. The fourth-order valence-electron chi connectivity index (χ4n) is 1.27. The highest BCUT2D eigenvalue weighted by Gasteiger charge is 2.15. The zero-order chi connectivity index (χ0) is 13.1. The summed E-state index contributed by atoms with van der Waals surface area (Å²) in [5.74, 6) is 0.629. The Morgan fingerprint density at radius 1 is 1.41 bits per heavy atom. The van der Waals surface area contributed by atoms with Crippen molar-refractivity contribution in [3.8, 4) is 5.75 Å². The van der Waals surface area contributed by atoms with Crippen LogP contribution >= 0.6 is 0 Å². The number of hydrogen-bond donors (Lipinski definition) is 2. The molecule has 0 heterocycles. The fraction of sp³-hybridized carbons (Fsp3) is 0.500. The Kier molecular flexibility index (Phi) is 4.54. The summed E-state index contributed by atoms with van der Waals surface area (Å²) in [5, 5.41) is 0. The molecule has 17 heavy (non-hydrogen) atoms. The van der Waals surface area contributed by atoms with Gasteiger partial charge in [-0.2, -0.15) is 0 Å². The van der Waals surface area contributed by atoms with Gasteiger partial charge in [0.1, 0.15) is 16.7 Å². The summed E-state index contributed by atoms with van der Waals surface area (Å²) in [6.07, 6.45) is 0. The molecule has 0 radical (unpaired) electrons. The molecular formula is C12H20N2O2S. The van der Waals surface area contributed by atoms with Crippen LogP contribution in [-0.4, -0.2) is 16.4 Å². The van der Waals surface area contributed by atoms with Crippen LogP contribution in [0.4, 0.5) is 5.69 Å². The second-order valence-electron chi connectivity index (χ2n) is 4.75. The van der Waals surface area contributed by atoms with Crippen molar-refractivity contribution in [1.29, 1.82) is 0 Å². The van der Waals surface area contributed by atoms with Crippen molar-refractivity contribution in [3.63, 3.8) is 0 Å². The molecule has 1 aromatic carbocycles. The summed E-state index contributed by atoms with van der Waals surface area (Å²) in [7, 11) is -1.26. The topological polar surface area (TPSA) is 64.3 Å². The number of rotatable bonds is 4. The molecule has 0 spiro atoms. The van der Waals surface area contributed by atoms with Gasteiger partial charge in [0.15, 0.2) is 0 Å². The first-order valence-electron chi connectivity index (χ1n) is 5.55. The van der Waals surface area contributed by atoms with E-state index in [0.717, 1.165) is 0 Å². The normalized spacial score (nSPS) is 13.4. The Hall–Kier alpha value is -1.07. The Morgan fingerprint density at radius 3 is 2.53 bits per heavy atom. The average molecular weight is 256 g/mol. The number of nitrogen functional groups attached to an aromatic ring is 1. The maximum atomic E-state index is 12.0. The first kappa shape index (κ1) is 14.0. The van der Waals surface area contributed by atoms with E-state index in [1.165, 1.54) is 0 Å². The SMILES string of the molecule is CCOc1ccc(S(=O)NC(C)(C)C)cc1N. The zero-order valence-electron chi connectivity index (χ0n) is 10.7. The summed E-state index contributed by atoms with van der Waals surface area (Å²) in [4.78, 5) is 0.654.